The van der Waals surface area contributed by atoms with Crippen molar-refractivity contribution in [1.82, 2.24) is 10.6 Å². The molecule has 26 heavy (non-hydrogen) atoms. The first-order chi connectivity index (χ1) is 12.1. The molecule has 0 aliphatic rings. The maximum atomic E-state index is 13.0. The summed E-state index contributed by atoms with van der Waals surface area (Å²) >= 11 is 0. The number of aliphatic hydroxyl groups excluding tert-OH is 1. The first-order valence-corrected chi connectivity index (χ1v) is 8.21. The molecule has 3 N–H and O–H groups in total. The number of hydrogen-bond acceptors (Lipinski definition) is 3. The number of nitrogens with one attached hydrogen (secondary N) is 2. The van der Waals surface area contributed by atoms with Crippen LogP contribution in [0, 0.1) is 5.82 Å². The molecule has 2 aromatic carbocycles. The zero-order valence-electron chi connectivity index (χ0n) is 14.9. The third-order valence-electron chi connectivity index (χ3n) is 3.66. The summed E-state index contributed by atoms with van der Waals surface area (Å²) in [6.45, 7) is 3.39. The van der Waals surface area contributed by atoms with Crippen molar-refractivity contribution in [1.29, 1.82) is 0 Å². The Morgan fingerprint density at radius 2 is 1.85 bits per heavy atom. The number of guanidine groups is 1. The summed E-state index contributed by atoms with van der Waals surface area (Å²) in [5.41, 5.74) is 1.62. The minimum absolute atomic E-state index is 0. The van der Waals surface area contributed by atoms with Crippen molar-refractivity contribution in [2.75, 3.05) is 20.2 Å². The van der Waals surface area contributed by atoms with E-state index in [1.165, 1.54) is 12.1 Å². The predicted molar refractivity (Wildman–Crippen MR) is 113 cm³/mol. The summed E-state index contributed by atoms with van der Waals surface area (Å²) in [4.78, 5) is 4.52. The summed E-state index contributed by atoms with van der Waals surface area (Å²) in [6.07, 6.45) is -0.754. The van der Waals surface area contributed by atoms with Gasteiger partial charge in [0.1, 0.15) is 11.6 Å². The van der Waals surface area contributed by atoms with Gasteiger partial charge in [-0.2, -0.15) is 0 Å². The Morgan fingerprint density at radius 3 is 2.50 bits per heavy atom. The van der Waals surface area contributed by atoms with E-state index in [4.69, 9.17) is 4.74 Å². The Hall–Kier alpha value is -1.87. The fourth-order valence-corrected chi connectivity index (χ4v) is 2.34. The van der Waals surface area contributed by atoms with Gasteiger partial charge in [-0.25, -0.2) is 9.38 Å². The van der Waals surface area contributed by atoms with Crippen LogP contribution in [0.2, 0.25) is 0 Å². The Bertz CT molecular complexity index is 695. The van der Waals surface area contributed by atoms with E-state index in [1.54, 1.807) is 19.2 Å². The van der Waals surface area contributed by atoms with Crippen molar-refractivity contribution in [3.05, 3.63) is 65.5 Å². The summed E-state index contributed by atoms with van der Waals surface area (Å²) in [6, 6.07) is 13.5. The molecule has 0 heterocycles. The average Bonchev–Trinajstić information content (AvgIpc) is 2.64. The summed E-state index contributed by atoms with van der Waals surface area (Å²) < 4.78 is 18.3. The van der Waals surface area contributed by atoms with Gasteiger partial charge in [-0.15, -0.1) is 24.0 Å². The lowest BCUT2D eigenvalue weighted by Gasteiger charge is -2.16. The van der Waals surface area contributed by atoms with Gasteiger partial charge < -0.3 is 20.5 Å². The predicted octanol–water partition coefficient (Wildman–Crippen LogP) is 3.24. The van der Waals surface area contributed by atoms with Crippen molar-refractivity contribution in [2.24, 2.45) is 4.99 Å². The van der Waals surface area contributed by atoms with Crippen LogP contribution in [0.15, 0.2) is 53.5 Å². The van der Waals surface area contributed by atoms with Gasteiger partial charge in [0.15, 0.2) is 5.96 Å². The quantitative estimate of drug-likeness (QED) is 0.328. The van der Waals surface area contributed by atoms with Crippen LogP contribution in [-0.4, -0.2) is 31.3 Å². The van der Waals surface area contributed by atoms with Crippen LogP contribution in [0.1, 0.15) is 24.2 Å². The van der Waals surface area contributed by atoms with E-state index in [0.717, 1.165) is 11.3 Å². The van der Waals surface area contributed by atoms with Gasteiger partial charge in [0.25, 0.3) is 0 Å². The van der Waals surface area contributed by atoms with Gasteiger partial charge in [-0.3, -0.25) is 0 Å². The first kappa shape index (κ1) is 22.2. The SMILES string of the molecule is CCNC(=NCc1ccccc1OC)NCC(O)c1ccc(F)cc1.I. The molecular weight excluding hydrogens is 448 g/mol. The van der Waals surface area contributed by atoms with Crippen molar-refractivity contribution in [3.63, 3.8) is 0 Å². The second-order valence-corrected chi connectivity index (χ2v) is 5.46. The van der Waals surface area contributed by atoms with Crippen LogP contribution in [0.4, 0.5) is 4.39 Å². The van der Waals surface area contributed by atoms with Crippen molar-refractivity contribution in [2.45, 2.75) is 19.6 Å². The number of aliphatic imine (C=N–C) groups is 1. The maximum Gasteiger partial charge on any atom is 0.191 e. The molecular formula is C19H25FIN3O2. The molecule has 0 spiro atoms. The number of ether oxygens (including phenoxy) is 1. The van der Waals surface area contributed by atoms with Gasteiger partial charge in [-0.05, 0) is 30.7 Å². The summed E-state index contributed by atoms with van der Waals surface area (Å²) in [5.74, 6) is 1.05. The lowest BCUT2D eigenvalue weighted by molar-refractivity contribution is 0.180. The van der Waals surface area contributed by atoms with E-state index in [1.807, 2.05) is 31.2 Å². The fourth-order valence-electron chi connectivity index (χ4n) is 2.34. The standard InChI is InChI=1S/C19H24FN3O2.HI/c1-3-21-19(22-12-15-6-4-5-7-18(15)25-2)23-13-17(24)14-8-10-16(20)11-9-14;/h4-11,17,24H,3,12-13H2,1-2H3,(H2,21,22,23);1H. The molecule has 0 aromatic heterocycles. The third-order valence-corrected chi connectivity index (χ3v) is 3.66. The van der Waals surface area contributed by atoms with Crippen molar-refractivity contribution < 1.29 is 14.2 Å². The number of benzene rings is 2. The van der Waals surface area contributed by atoms with Crippen LogP contribution in [-0.2, 0) is 6.54 Å². The summed E-state index contributed by atoms with van der Waals surface area (Å²) in [7, 11) is 1.63. The zero-order valence-corrected chi connectivity index (χ0v) is 17.2. The van der Waals surface area contributed by atoms with Crippen LogP contribution < -0.4 is 15.4 Å². The zero-order chi connectivity index (χ0) is 18.1. The average molecular weight is 473 g/mol. The van der Waals surface area contributed by atoms with Crippen molar-refractivity contribution >= 4 is 29.9 Å². The number of halogens is 2. The second-order valence-electron chi connectivity index (χ2n) is 5.46. The maximum absolute atomic E-state index is 13.0. The number of nitrogens with zero attached hydrogens (tertiary/aromatic N) is 1. The largest absolute Gasteiger partial charge is 0.496 e. The van der Waals surface area contributed by atoms with Crippen LogP contribution in [0.3, 0.4) is 0 Å². The Labute approximate surface area is 170 Å². The number of hydrogen-bond donors (Lipinski definition) is 3. The highest BCUT2D eigenvalue weighted by Gasteiger charge is 2.09. The normalized spacial score (nSPS) is 12.1. The molecule has 0 amide bonds. The Kier molecular flexibility index (Phi) is 9.97. The molecule has 0 radical (unpaired) electrons. The van der Waals surface area contributed by atoms with E-state index in [2.05, 4.69) is 15.6 Å². The highest BCUT2D eigenvalue weighted by molar-refractivity contribution is 14.0. The monoisotopic (exact) mass is 473 g/mol. The highest BCUT2D eigenvalue weighted by Crippen LogP contribution is 2.18. The molecule has 0 aliphatic heterocycles. The molecule has 7 heteroatoms. The molecule has 0 bridgehead atoms. The van der Waals surface area contributed by atoms with Gasteiger partial charge in [0, 0.05) is 18.7 Å². The molecule has 5 nitrogen and oxygen atoms in total. The number of para-hydroxylation sites is 1. The Morgan fingerprint density at radius 1 is 1.15 bits per heavy atom. The molecule has 0 saturated carbocycles. The summed E-state index contributed by atoms with van der Waals surface area (Å²) in [5, 5.41) is 16.4. The number of methoxy groups -OCH3 is 1. The lowest BCUT2D eigenvalue weighted by atomic mass is 10.1. The second kappa shape index (κ2) is 11.7. The molecule has 0 aliphatic carbocycles. The molecule has 2 aromatic rings. The van der Waals surface area contributed by atoms with E-state index in [9.17, 15) is 9.50 Å². The van der Waals surface area contributed by atoms with Crippen molar-refractivity contribution in [3.8, 4) is 5.75 Å². The van der Waals surface area contributed by atoms with Gasteiger partial charge in [0.2, 0.25) is 0 Å². The third kappa shape index (κ3) is 6.80. The molecule has 1 atom stereocenters. The number of aliphatic hydroxyl groups is 1. The van der Waals surface area contributed by atoms with Gasteiger partial charge >= 0.3 is 0 Å². The minimum Gasteiger partial charge on any atom is -0.496 e. The first-order valence-electron chi connectivity index (χ1n) is 8.21. The minimum atomic E-state index is -0.754. The Balaban J connectivity index is 0.00000338. The number of rotatable bonds is 7. The molecule has 2 rings (SSSR count). The van der Waals surface area contributed by atoms with E-state index in [-0.39, 0.29) is 36.3 Å². The highest BCUT2D eigenvalue weighted by atomic mass is 127. The molecule has 0 fully saturated rings. The molecule has 142 valence electrons. The van der Waals surface area contributed by atoms with E-state index < -0.39 is 6.10 Å². The van der Waals surface area contributed by atoms with Crippen LogP contribution in [0.5, 0.6) is 5.75 Å². The van der Waals surface area contributed by atoms with Gasteiger partial charge in [0.05, 0.1) is 19.8 Å². The van der Waals surface area contributed by atoms with Crippen LogP contribution in [0.25, 0.3) is 0 Å². The molecule has 1 unspecified atom stereocenters. The van der Waals surface area contributed by atoms with E-state index in [0.29, 0.717) is 24.6 Å². The molecule has 0 saturated heterocycles. The van der Waals surface area contributed by atoms with E-state index >= 15 is 0 Å². The van der Waals surface area contributed by atoms with Crippen LogP contribution >= 0.6 is 24.0 Å². The topological polar surface area (TPSA) is 65.9 Å². The lowest BCUT2D eigenvalue weighted by Crippen LogP contribution is -2.39. The van der Waals surface area contributed by atoms with Gasteiger partial charge in [-0.1, -0.05) is 30.3 Å². The smallest absolute Gasteiger partial charge is 0.191 e. The fraction of sp³-hybridized carbons (Fsp3) is 0.316.